The van der Waals surface area contributed by atoms with Crippen LogP contribution in [-0.4, -0.2) is 27.4 Å². The third-order valence-corrected chi connectivity index (χ3v) is 2.64. The Morgan fingerprint density at radius 2 is 2.50 bits per heavy atom. The van der Waals surface area contributed by atoms with Gasteiger partial charge in [-0.25, -0.2) is 0 Å². The zero-order valence-corrected chi connectivity index (χ0v) is 9.36. The summed E-state index contributed by atoms with van der Waals surface area (Å²) in [4.78, 5) is 10.6. The monoisotopic (exact) mass is 261 g/mol. The van der Waals surface area contributed by atoms with E-state index in [0.717, 1.165) is 10.2 Å². The highest BCUT2D eigenvalue weighted by Crippen LogP contribution is 2.25. The van der Waals surface area contributed by atoms with Crippen LogP contribution in [0.1, 0.15) is 18.0 Å². The Morgan fingerprint density at radius 3 is 2.86 bits per heavy atom. The van der Waals surface area contributed by atoms with Crippen molar-refractivity contribution in [2.24, 2.45) is 12.8 Å². The van der Waals surface area contributed by atoms with E-state index < -0.39 is 5.97 Å². The average Bonchev–Trinajstić information content (AvgIpc) is 2.43. The first-order valence-electron chi connectivity index (χ1n) is 4.15. The van der Waals surface area contributed by atoms with Gasteiger partial charge in [-0.05, 0) is 15.9 Å². The van der Waals surface area contributed by atoms with Gasteiger partial charge >= 0.3 is 5.97 Å². The maximum atomic E-state index is 10.6. The van der Waals surface area contributed by atoms with E-state index in [1.54, 1.807) is 17.9 Å². The van der Waals surface area contributed by atoms with Crippen LogP contribution in [0.15, 0.2) is 10.7 Å². The molecule has 0 spiro atoms. The molecule has 0 aliphatic heterocycles. The molecular weight excluding hydrogens is 250 g/mol. The SMILES string of the molecule is Cn1ncc(Br)c1C(CN)CC(=O)O. The number of aliphatic carboxylic acids is 1. The molecule has 0 aromatic carbocycles. The maximum Gasteiger partial charge on any atom is 0.304 e. The molecule has 0 aliphatic carbocycles. The van der Waals surface area contributed by atoms with E-state index in [0.29, 0.717) is 6.54 Å². The molecule has 3 N–H and O–H groups in total. The number of rotatable bonds is 4. The van der Waals surface area contributed by atoms with Crippen molar-refractivity contribution >= 4 is 21.9 Å². The summed E-state index contributed by atoms with van der Waals surface area (Å²) in [5.74, 6) is -1.05. The summed E-state index contributed by atoms with van der Waals surface area (Å²) in [5.41, 5.74) is 6.35. The highest BCUT2D eigenvalue weighted by atomic mass is 79.9. The number of aryl methyl sites for hydroxylation is 1. The Bertz CT molecular complexity index is 318. The van der Waals surface area contributed by atoms with Crippen molar-refractivity contribution in [3.63, 3.8) is 0 Å². The largest absolute Gasteiger partial charge is 0.481 e. The van der Waals surface area contributed by atoms with Gasteiger partial charge in [-0.3, -0.25) is 9.48 Å². The van der Waals surface area contributed by atoms with Crippen molar-refractivity contribution in [1.82, 2.24) is 9.78 Å². The Labute approximate surface area is 90.0 Å². The number of hydrogen-bond acceptors (Lipinski definition) is 3. The molecule has 78 valence electrons. The molecule has 1 atom stereocenters. The second-order valence-electron chi connectivity index (χ2n) is 3.03. The molecule has 1 heterocycles. The molecule has 0 saturated heterocycles. The van der Waals surface area contributed by atoms with Crippen molar-refractivity contribution < 1.29 is 9.90 Å². The zero-order chi connectivity index (χ0) is 10.7. The predicted octanol–water partition coefficient (Wildman–Crippen LogP) is 0.700. The molecule has 0 saturated carbocycles. The van der Waals surface area contributed by atoms with Crippen LogP contribution in [0.2, 0.25) is 0 Å². The van der Waals surface area contributed by atoms with Gasteiger partial charge in [-0.2, -0.15) is 5.10 Å². The normalized spacial score (nSPS) is 12.8. The van der Waals surface area contributed by atoms with Gasteiger partial charge in [0.05, 0.1) is 22.8 Å². The molecule has 1 unspecified atom stereocenters. The van der Waals surface area contributed by atoms with Gasteiger partial charge < -0.3 is 10.8 Å². The van der Waals surface area contributed by atoms with Crippen LogP contribution >= 0.6 is 15.9 Å². The fraction of sp³-hybridized carbons (Fsp3) is 0.500. The lowest BCUT2D eigenvalue weighted by atomic mass is 10.0. The number of carbonyl (C=O) groups is 1. The number of halogens is 1. The summed E-state index contributed by atoms with van der Waals surface area (Å²) in [6, 6.07) is 0. The fourth-order valence-corrected chi connectivity index (χ4v) is 2.05. The van der Waals surface area contributed by atoms with Gasteiger partial charge in [0.1, 0.15) is 0 Å². The molecule has 0 amide bonds. The average molecular weight is 262 g/mol. The second kappa shape index (κ2) is 4.56. The number of nitrogens with zero attached hydrogens (tertiary/aromatic N) is 2. The molecule has 0 fully saturated rings. The number of hydrogen-bond donors (Lipinski definition) is 2. The third-order valence-electron chi connectivity index (χ3n) is 2.03. The van der Waals surface area contributed by atoms with E-state index in [4.69, 9.17) is 10.8 Å². The van der Waals surface area contributed by atoms with Gasteiger partial charge in [0.2, 0.25) is 0 Å². The predicted molar refractivity (Wildman–Crippen MR) is 55.0 cm³/mol. The minimum Gasteiger partial charge on any atom is -0.481 e. The molecule has 1 aromatic rings. The number of carboxylic acids is 1. The van der Waals surface area contributed by atoms with Crippen LogP contribution < -0.4 is 5.73 Å². The van der Waals surface area contributed by atoms with Gasteiger partial charge in [0, 0.05) is 19.5 Å². The van der Waals surface area contributed by atoms with E-state index in [1.165, 1.54) is 0 Å². The summed E-state index contributed by atoms with van der Waals surface area (Å²) in [7, 11) is 1.77. The molecule has 1 rings (SSSR count). The first-order chi connectivity index (χ1) is 6.56. The van der Waals surface area contributed by atoms with Crippen molar-refractivity contribution in [2.45, 2.75) is 12.3 Å². The van der Waals surface area contributed by atoms with Crippen LogP contribution in [0.4, 0.5) is 0 Å². The number of aromatic nitrogens is 2. The van der Waals surface area contributed by atoms with Gasteiger partial charge in [0.25, 0.3) is 0 Å². The van der Waals surface area contributed by atoms with Crippen molar-refractivity contribution in [1.29, 1.82) is 0 Å². The molecule has 0 radical (unpaired) electrons. The first kappa shape index (κ1) is 11.2. The molecule has 0 aliphatic rings. The van der Waals surface area contributed by atoms with Crippen LogP contribution in [0, 0.1) is 0 Å². The summed E-state index contributed by atoms with van der Waals surface area (Å²) in [6.07, 6.45) is 1.66. The first-order valence-corrected chi connectivity index (χ1v) is 4.94. The summed E-state index contributed by atoms with van der Waals surface area (Å²) >= 11 is 3.32. The van der Waals surface area contributed by atoms with Crippen LogP contribution in [-0.2, 0) is 11.8 Å². The van der Waals surface area contributed by atoms with E-state index in [-0.39, 0.29) is 12.3 Å². The smallest absolute Gasteiger partial charge is 0.304 e. The molecule has 0 bridgehead atoms. The van der Waals surface area contributed by atoms with Gasteiger partial charge in [-0.1, -0.05) is 0 Å². The lowest BCUT2D eigenvalue weighted by Gasteiger charge is -2.13. The van der Waals surface area contributed by atoms with E-state index in [2.05, 4.69) is 21.0 Å². The van der Waals surface area contributed by atoms with Crippen molar-refractivity contribution in [2.75, 3.05) is 6.54 Å². The Kier molecular flexibility index (Phi) is 3.65. The summed E-state index contributed by atoms with van der Waals surface area (Å²) < 4.78 is 2.45. The minimum atomic E-state index is -0.853. The van der Waals surface area contributed by atoms with Crippen molar-refractivity contribution in [3.05, 3.63) is 16.4 Å². The highest BCUT2D eigenvalue weighted by Gasteiger charge is 2.20. The highest BCUT2D eigenvalue weighted by molar-refractivity contribution is 9.10. The maximum absolute atomic E-state index is 10.6. The molecule has 5 nitrogen and oxygen atoms in total. The quantitative estimate of drug-likeness (QED) is 0.836. The van der Waals surface area contributed by atoms with E-state index in [9.17, 15) is 4.79 Å². The van der Waals surface area contributed by atoms with Crippen LogP contribution in [0.25, 0.3) is 0 Å². The third kappa shape index (κ3) is 2.33. The lowest BCUT2D eigenvalue weighted by molar-refractivity contribution is -0.137. The molecule has 1 aromatic heterocycles. The molecular formula is C8H12BrN3O2. The van der Waals surface area contributed by atoms with Gasteiger partial charge in [0.15, 0.2) is 0 Å². The van der Waals surface area contributed by atoms with Crippen LogP contribution in [0.5, 0.6) is 0 Å². The topological polar surface area (TPSA) is 81.1 Å². The Balaban J connectivity index is 2.94. The van der Waals surface area contributed by atoms with Crippen molar-refractivity contribution in [3.8, 4) is 0 Å². The standard InChI is InChI=1S/C8H12BrN3O2/c1-12-8(6(9)4-11-12)5(3-10)2-7(13)14/h4-5H,2-3,10H2,1H3,(H,13,14). The van der Waals surface area contributed by atoms with Crippen LogP contribution in [0.3, 0.4) is 0 Å². The van der Waals surface area contributed by atoms with E-state index in [1.807, 2.05) is 0 Å². The summed E-state index contributed by atoms with van der Waals surface area (Å²) in [6.45, 7) is 0.296. The van der Waals surface area contributed by atoms with E-state index >= 15 is 0 Å². The second-order valence-corrected chi connectivity index (χ2v) is 3.89. The Hall–Kier alpha value is -0.880. The number of carboxylic acid groups (broad SMARTS) is 1. The Morgan fingerprint density at radius 1 is 1.86 bits per heavy atom. The fourth-order valence-electron chi connectivity index (χ4n) is 1.38. The molecule has 6 heteroatoms. The molecule has 14 heavy (non-hydrogen) atoms. The number of nitrogens with two attached hydrogens (primary N) is 1. The summed E-state index contributed by atoms with van der Waals surface area (Å²) in [5, 5.41) is 12.7. The zero-order valence-electron chi connectivity index (χ0n) is 7.77. The minimum absolute atomic E-state index is 0.0225. The van der Waals surface area contributed by atoms with Gasteiger partial charge in [-0.15, -0.1) is 0 Å². The lowest BCUT2D eigenvalue weighted by Crippen LogP contribution is -2.19.